The average Bonchev–Trinajstić information content (AvgIpc) is 2.46. The molecule has 0 radical (unpaired) electrons. The van der Waals surface area contributed by atoms with Crippen molar-refractivity contribution in [3.63, 3.8) is 0 Å². The smallest absolute Gasteiger partial charge is 0.101 e. The lowest BCUT2D eigenvalue weighted by Gasteiger charge is -2.35. The number of aryl methyl sites for hydroxylation is 1. The summed E-state index contributed by atoms with van der Waals surface area (Å²) >= 11 is 0. The molecular formula is C18H18N2. The Morgan fingerprint density at radius 1 is 1.15 bits per heavy atom. The zero-order chi connectivity index (χ0) is 14.1. The van der Waals surface area contributed by atoms with Gasteiger partial charge < -0.3 is 4.90 Å². The van der Waals surface area contributed by atoms with E-state index in [1.54, 1.807) is 0 Å². The molecule has 3 rings (SSSR count). The molecule has 1 unspecified atom stereocenters. The van der Waals surface area contributed by atoms with E-state index in [1.165, 1.54) is 11.3 Å². The van der Waals surface area contributed by atoms with Crippen molar-refractivity contribution >= 4 is 11.4 Å². The number of para-hydroxylation sites is 1. The molecule has 2 aromatic carbocycles. The summed E-state index contributed by atoms with van der Waals surface area (Å²) in [6.45, 7) is 5.26. The van der Waals surface area contributed by atoms with E-state index in [-0.39, 0.29) is 0 Å². The van der Waals surface area contributed by atoms with Crippen LogP contribution in [-0.4, -0.2) is 6.54 Å². The summed E-state index contributed by atoms with van der Waals surface area (Å²) in [7, 11) is 0. The van der Waals surface area contributed by atoms with E-state index < -0.39 is 0 Å². The molecule has 0 N–H and O–H groups in total. The highest BCUT2D eigenvalue weighted by Gasteiger charge is 2.24. The summed E-state index contributed by atoms with van der Waals surface area (Å²) in [5.41, 5.74) is 5.52. The molecule has 0 fully saturated rings. The van der Waals surface area contributed by atoms with Gasteiger partial charge in [-0.2, -0.15) is 5.26 Å². The summed E-state index contributed by atoms with van der Waals surface area (Å²) < 4.78 is 0. The van der Waals surface area contributed by atoms with Gasteiger partial charge in [-0.15, -0.1) is 0 Å². The number of hydrogen-bond acceptors (Lipinski definition) is 2. The second-order valence-electron chi connectivity index (χ2n) is 5.68. The summed E-state index contributed by atoms with van der Waals surface area (Å²) in [4.78, 5) is 2.29. The number of rotatable bonds is 1. The van der Waals surface area contributed by atoms with E-state index in [2.05, 4.69) is 54.3 Å². The molecule has 0 aliphatic carbocycles. The first-order valence-electron chi connectivity index (χ1n) is 7.05. The first kappa shape index (κ1) is 12.7. The number of anilines is 2. The maximum absolute atomic E-state index is 9.41. The standard InChI is InChI=1S/C18H18N2/c1-13-7-8-18(16(9-13)11-19)20-12-14(2)10-15-5-3-4-6-17(15)20/h3-9,14H,10,12H2,1-2H3. The van der Waals surface area contributed by atoms with E-state index in [0.29, 0.717) is 5.92 Å². The lowest BCUT2D eigenvalue weighted by molar-refractivity contribution is 0.562. The molecule has 0 bridgehead atoms. The monoisotopic (exact) mass is 262 g/mol. The molecule has 0 spiro atoms. The highest BCUT2D eigenvalue weighted by molar-refractivity contribution is 5.72. The maximum Gasteiger partial charge on any atom is 0.101 e. The van der Waals surface area contributed by atoms with Crippen LogP contribution >= 0.6 is 0 Å². The maximum atomic E-state index is 9.41. The van der Waals surface area contributed by atoms with Gasteiger partial charge in [-0.25, -0.2) is 0 Å². The second kappa shape index (κ2) is 5.02. The lowest BCUT2D eigenvalue weighted by Crippen LogP contribution is -2.30. The topological polar surface area (TPSA) is 27.0 Å². The molecule has 1 heterocycles. The Kier molecular flexibility index (Phi) is 3.20. The third-order valence-corrected chi connectivity index (χ3v) is 3.91. The van der Waals surface area contributed by atoms with Gasteiger partial charge in [-0.1, -0.05) is 31.2 Å². The van der Waals surface area contributed by atoms with Crippen LogP contribution in [0, 0.1) is 24.2 Å². The van der Waals surface area contributed by atoms with Gasteiger partial charge >= 0.3 is 0 Å². The Hall–Kier alpha value is -2.27. The Morgan fingerprint density at radius 3 is 2.75 bits per heavy atom. The molecule has 100 valence electrons. The molecule has 0 amide bonds. The van der Waals surface area contributed by atoms with Crippen molar-refractivity contribution in [1.29, 1.82) is 5.26 Å². The van der Waals surface area contributed by atoms with Crippen LogP contribution in [-0.2, 0) is 6.42 Å². The van der Waals surface area contributed by atoms with Gasteiger partial charge in [0.15, 0.2) is 0 Å². The number of hydrogen-bond donors (Lipinski definition) is 0. The summed E-state index contributed by atoms with van der Waals surface area (Å²) in [6.07, 6.45) is 1.11. The Labute approximate surface area is 120 Å². The van der Waals surface area contributed by atoms with Crippen LogP contribution in [0.15, 0.2) is 42.5 Å². The van der Waals surface area contributed by atoms with Crippen molar-refractivity contribution in [3.8, 4) is 6.07 Å². The molecule has 1 aliphatic rings. The zero-order valence-electron chi connectivity index (χ0n) is 11.9. The van der Waals surface area contributed by atoms with E-state index in [1.807, 2.05) is 13.0 Å². The largest absolute Gasteiger partial charge is 0.340 e. The highest BCUT2D eigenvalue weighted by Crippen LogP contribution is 2.36. The zero-order valence-corrected chi connectivity index (χ0v) is 11.9. The number of nitrogens with zero attached hydrogens (tertiary/aromatic N) is 2. The summed E-state index contributed by atoms with van der Waals surface area (Å²) in [6, 6.07) is 17.0. The fourth-order valence-electron chi connectivity index (χ4n) is 3.00. The van der Waals surface area contributed by atoms with Gasteiger partial charge in [-0.05, 0) is 48.6 Å². The molecule has 2 heteroatoms. The van der Waals surface area contributed by atoms with Crippen molar-refractivity contribution < 1.29 is 0 Å². The van der Waals surface area contributed by atoms with Crippen molar-refractivity contribution in [2.75, 3.05) is 11.4 Å². The van der Waals surface area contributed by atoms with Gasteiger partial charge in [0.1, 0.15) is 6.07 Å². The molecular weight excluding hydrogens is 244 g/mol. The van der Waals surface area contributed by atoms with Crippen molar-refractivity contribution in [1.82, 2.24) is 0 Å². The van der Waals surface area contributed by atoms with E-state index in [9.17, 15) is 5.26 Å². The van der Waals surface area contributed by atoms with Gasteiger partial charge in [0.2, 0.25) is 0 Å². The second-order valence-corrected chi connectivity index (χ2v) is 5.68. The Morgan fingerprint density at radius 2 is 1.95 bits per heavy atom. The van der Waals surface area contributed by atoms with Crippen LogP contribution in [0.5, 0.6) is 0 Å². The van der Waals surface area contributed by atoms with Gasteiger partial charge in [0.05, 0.1) is 11.3 Å². The molecule has 1 atom stereocenters. The highest BCUT2D eigenvalue weighted by atomic mass is 15.1. The average molecular weight is 262 g/mol. The van der Waals surface area contributed by atoms with E-state index >= 15 is 0 Å². The van der Waals surface area contributed by atoms with Crippen LogP contribution in [0.4, 0.5) is 11.4 Å². The van der Waals surface area contributed by atoms with Gasteiger partial charge in [-0.3, -0.25) is 0 Å². The number of nitriles is 1. The molecule has 20 heavy (non-hydrogen) atoms. The van der Waals surface area contributed by atoms with Crippen LogP contribution in [0.1, 0.15) is 23.6 Å². The first-order chi connectivity index (χ1) is 9.69. The summed E-state index contributed by atoms with van der Waals surface area (Å²) in [5, 5.41) is 9.41. The fourth-order valence-corrected chi connectivity index (χ4v) is 3.00. The summed E-state index contributed by atoms with van der Waals surface area (Å²) in [5.74, 6) is 0.595. The van der Waals surface area contributed by atoms with E-state index in [0.717, 1.165) is 29.8 Å². The SMILES string of the molecule is Cc1ccc(N2CC(C)Cc3ccccc32)c(C#N)c1. The molecule has 0 saturated heterocycles. The third kappa shape index (κ3) is 2.16. The molecule has 1 aliphatic heterocycles. The third-order valence-electron chi connectivity index (χ3n) is 3.91. The molecule has 2 aromatic rings. The van der Waals surface area contributed by atoms with Crippen molar-refractivity contribution in [2.24, 2.45) is 5.92 Å². The lowest BCUT2D eigenvalue weighted by atomic mass is 9.93. The fraction of sp³-hybridized carbons (Fsp3) is 0.278. The minimum atomic E-state index is 0.595. The van der Waals surface area contributed by atoms with Gasteiger partial charge in [0, 0.05) is 12.2 Å². The Bertz CT molecular complexity index is 682. The quantitative estimate of drug-likeness (QED) is 0.770. The van der Waals surface area contributed by atoms with Crippen LogP contribution < -0.4 is 4.90 Å². The first-order valence-corrected chi connectivity index (χ1v) is 7.05. The van der Waals surface area contributed by atoms with E-state index in [4.69, 9.17) is 0 Å². The number of fused-ring (bicyclic) bond motifs is 1. The van der Waals surface area contributed by atoms with Crippen LogP contribution in [0.25, 0.3) is 0 Å². The Balaban J connectivity index is 2.14. The minimum Gasteiger partial charge on any atom is -0.340 e. The normalized spacial score (nSPS) is 17.4. The predicted octanol–water partition coefficient (Wildman–Crippen LogP) is 4.20. The van der Waals surface area contributed by atoms with Crippen molar-refractivity contribution in [2.45, 2.75) is 20.3 Å². The minimum absolute atomic E-state index is 0.595. The molecule has 0 aromatic heterocycles. The molecule has 2 nitrogen and oxygen atoms in total. The van der Waals surface area contributed by atoms with Crippen LogP contribution in [0.2, 0.25) is 0 Å². The van der Waals surface area contributed by atoms with Crippen LogP contribution in [0.3, 0.4) is 0 Å². The van der Waals surface area contributed by atoms with Crippen molar-refractivity contribution in [3.05, 3.63) is 59.2 Å². The number of benzene rings is 2. The van der Waals surface area contributed by atoms with Gasteiger partial charge in [0.25, 0.3) is 0 Å². The predicted molar refractivity (Wildman–Crippen MR) is 82.2 cm³/mol. The molecule has 0 saturated carbocycles.